The number of esters is 1. The van der Waals surface area contributed by atoms with Crippen LogP contribution in [0.1, 0.15) is 88.4 Å². The van der Waals surface area contributed by atoms with E-state index in [2.05, 4.69) is 6.92 Å². The number of rotatable bonds is 14. The Morgan fingerprint density at radius 1 is 0.897 bits per heavy atom. The van der Waals surface area contributed by atoms with Crippen LogP contribution in [-0.2, 0) is 4.74 Å². The fourth-order valence-electron chi connectivity index (χ4n) is 3.31. The van der Waals surface area contributed by atoms with Gasteiger partial charge < -0.3 is 13.9 Å². The number of hydrogen-bond acceptors (Lipinski definition) is 5. The topological polar surface area (TPSA) is 65.7 Å². The first-order chi connectivity index (χ1) is 14.2. The third-order valence-corrected chi connectivity index (χ3v) is 4.97. The largest absolute Gasteiger partial charge is 0.493 e. The zero-order chi connectivity index (χ0) is 20.9. The molecule has 5 heteroatoms. The highest BCUT2D eigenvalue weighted by molar-refractivity contribution is 5.93. The van der Waals surface area contributed by atoms with Crippen molar-refractivity contribution in [3.05, 3.63) is 40.2 Å². The van der Waals surface area contributed by atoms with Crippen LogP contribution in [0.5, 0.6) is 5.75 Å². The summed E-state index contributed by atoms with van der Waals surface area (Å²) in [5.41, 5.74) is -0.371. The maximum atomic E-state index is 12.0. The van der Waals surface area contributed by atoms with E-state index in [-0.39, 0.29) is 12.2 Å². The summed E-state index contributed by atoms with van der Waals surface area (Å²) in [6.45, 7) is 4.80. The number of carbonyl (C=O) groups excluding carboxylic acids is 1. The number of carbonyl (C=O) groups is 1. The average molecular weight is 403 g/mol. The molecular weight excluding hydrogens is 368 g/mol. The first-order valence-corrected chi connectivity index (χ1v) is 11.0. The van der Waals surface area contributed by atoms with E-state index in [9.17, 15) is 9.59 Å². The Morgan fingerprint density at radius 2 is 1.55 bits per heavy atom. The predicted octanol–water partition coefficient (Wildman–Crippen LogP) is 6.27. The first-order valence-electron chi connectivity index (χ1n) is 11.0. The maximum Gasteiger partial charge on any atom is 0.351 e. The molecule has 1 aromatic carbocycles. The fraction of sp³-hybridized carbons (Fsp3) is 0.583. The van der Waals surface area contributed by atoms with Crippen molar-refractivity contribution in [2.75, 3.05) is 13.2 Å². The Bertz CT molecular complexity index is 809. The van der Waals surface area contributed by atoms with Crippen LogP contribution in [0.15, 0.2) is 33.5 Å². The van der Waals surface area contributed by atoms with Crippen LogP contribution in [0.2, 0.25) is 0 Å². The lowest BCUT2D eigenvalue weighted by Gasteiger charge is -2.08. The monoisotopic (exact) mass is 402 g/mol. The molecule has 0 aliphatic heterocycles. The third-order valence-electron chi connectivity index (χ3n) is 4.97. The van der Waals surface area contributed by atoms with Crippen LogP contribution in [0.25, 0.3) is 11.0 Å². The lowest BCUT2D eigenvalue weighted by Crippen LogP contribution is -2.16. The lowest BCUT2D eigenvalue weighted by atomic mass is 10.1. The van der Waals surface area contributed by atoms with Crippen LogP contribution in [0, 0.1) is 0 Å². The normalized spacial score (nSPS) is 11.0. The quantitative estimate of drug-likeness (QED) is 0.212. The van der Waals surface area contributed by atoms with E-state index in [1.54, 1.807) is 19.1 Å². The van der Waals surface area contributed by atoms with Gasteiger partial charge in [0.15, 0.2) is 0 Å². The average Bonchev–Trinajstić information content (AvgIpc) is 2.71. The molecule has 5 nitrogen and oxygen atoms in total. The molecule has 2 rings (SSSR count). The molecule has 0 unspecified atom stereocenters. The molecule has 1 aromatic heterocycles. The van der Waals surface area contributed by atoms with Crippen molar-refractivity contribution < 1.29 is 18.7 Å². The molecule has 0 aliphatic carbocycles. The number of benzene rings is 1. The van der Waals surface area contributed by atoms with Gasteiger partial charge in [-0.05, 0) is 31.5 Å². The van der Waals surface area contributed by atoms with Crippen molar-refractivity contribution in [1.29, 1.82) is 0 Å². The van der Waals surface area contributed by atoms with Crippen LogP contribution in [0.3, 0.4) is 0 Å². The number of hydrogen-bond donors (Lipinski definition) is 0. The molecule has 29 heavy (non-hydrogen) atoms. The predicted molar refractivity (Wildman–Crippen MR) is 116 cm³/mol. The molecule has 0 bridgehead atoms. The molecule has 160 valence electrons. The second-order valence-electron chi connectivity index (χ2n) is 7.40. The summed E-state index contributed by atoms with van der Waals surface area (Å²) >= 11 is 0. The molecule has 1 heterocycles. The van der Waals surface area contributed by atoms with Crippen molar-refractivity contribution in [3.63, 3.8) is 0 Å². The van der Waals surface area contributed by atoms with Crippen LogP contribution in [0.4, 0.5) is 0 Å². The second kappa shape index (κ2) is 13.0. The minimum atomic E-state index is -0.692. The minimum absolute atomic E-state index is 0.0848. The summed E-state index contributed by atoms with van der Waals surface area (Å²) in [5, 5.41) is 0.666. The van der Waals surface area contributed by atoms with Gasteiger partial charge in [-0.1, -0.05) is 64.7 Å². The van der Waals surface area contributed by atoms with Gasteiger partial charge in [-0.2, -0.15) is 0 Å². The van der Waals surface area contributed by atoms with Crippen LogP contribution < -0.4 is 10.4 Å². The van der Waals surface area contributed by atoms with Gasteiger partial charge in [0.25, 0.3) is 0 Å². The van der Waals surface area contributed by atoms with E-state index in [0.29, 0.717) is 23.3 Å². The Morgan fingerprint density at radius 3 is 2.21 bits per heavy atom. The molecule has 0 amide bonds. The van der Waals surface area contributed by atoms with Crippen molar-refractivity contribution in [3.8, 4) is 5.75 Å². The Balaban J connectivity index is 1.72. The van der Waals surface area contributed by atoms with Gasteiger partial charge in [-0.25, -0.2) is 9.59 Å². The van der Waals surface area contributed by atoms with Crippen molar-refractivity contribution >= 4 is 16.9 Å². The molecule has 0 saturated carbocycles. The summed E-state index contributed by atoms with van der Waals surface area (Å²) in [6, 6.07) is 6.82. The molecule has 0 radical (unpaired) electrons. The molecule has 0 spiro atoms. The van der Waals surface area contributed by atoms with E-state index in [1.165, 1.54) is 63.9 Å². The van der Waals surface area contributed by atoms with E-state index in [1.807, 2.05) is 6.07 Å². The molecule has 0 atom stereocenters. The van der Waals surface area contributed by atoms with Gasteiger partial charge in [0.1, 0.15) is 16.9 Å². The van der Waals surface area contributed by atoms with Crippen LogP contribution in [-0.4, -0.2) is 19.2 Å². The standard InChI is InChI=1S/C24H34O5/c1-3-5-6-7-8-9-10-11-12-13-16-28-20-15-14-19-17-21(23(25)27-4-2)24(26)29-22(19)18-20/h14-15,17-18H,3-13,16H2,1-2H3. The lowest BCUT2D eigenvalue weighted by molar-refractivity contribution is 0.0522. The van der Waals surface area contributed by atoms with Gasteiger partial charge in [-0.15, -0.1) is 0 Å². The summed E-state index contributed by atoms with van der Waals surface area (Å²) in [5.74, 6) is 0.00453. The minimum Gasteiger partial charge on any atom is -0.493 e. The zero-order valence-electron chi connectivity index (χ0n) is 17.8. The molecule has 0 aliphatic rings. The summed E-state index contributed by atoms with van der Waals surface area (Å²) in [4.78, 5) is 23.8. The van der Waals surface area contributed by atoms with Gasteiger partial charge in [0, 0.05) is 11.5 Å². The van der Waals surface area contributed by atoms with Gasteiger partial charge in [0.2, 0.25) is 0 Å². The highest BCUT2D eigenvalue weighted by atomic mass is 16.5. The van der Waals surface area contributed by atoms with E-state index in [0.717, 1.165) is 6.42 Å². The Hall–Kier alpha value is -2.30. The highest BCUT2D eigenvalue weighted by Crippen LogP contribution is 2.21. The summed E-state index contributed by atoms with van der Waals surface area (Å²) in [6.07, 6.45) is 12.8. The van der Waals surface area contributed by atoms with E-state index >= 15 is 0 Å². The molecular formula is C24H34O5. The third kappa shape index (κ3) is 7.92. The van der Waals surface area contributed by atoms with E-state index < -0.39 is 11.6 Å². The van der Waals surface area contributed by atoms with Crippen molar-refractivity contribution in [1.82, 2.24) is 0 Å². The highest BCUT2D eigenvalue weighted by Gasteiger charge is 2.15. The first kappa shape index (κ1) is 23.0. The van der Waals surface area contributed by atoms with Crippen molar-refractivity contribution in [2.45, 2.75) is 78.1 Å². The van der Waals surface area contributed by atoms with E-state index in [4.69, 9.17) is 13.9 Å². The maximum absolute atomic E-state index is 12.0. The van der Waals surface area contributed by atoms with Gasteiger partial charge in [0.05, 0.1) is 13.2 Å². The zero-order valence-corrected chi connectivity index (χ0v) is 17.8. The summed E-state index contributed by atoms with van der Waals surface area (Å²) < 4.78 is 15.9. The molecule has 0 fully saturated rings. The molecule has 0 N–H and O–H groups in total. The summed E-state index contributed by atoms with van der Waals surface area (Å²) in [7, 11) is 0. The Labute approximate surface area is 173 Å². The van der Waals surface area contributed by atoms with Gasteiger partial charge in [-0.3, -0.25) is 0 Å². The number of ether oxygens (including phenoxy) is 2. The van der Waals surface area contributed by atoms with Crippen LogP contribution >= 0.6 is 0 Å². The molecule has 0 saturated heterocycles. The number of fused-ring (bicyclic) bond motifs is 1. The smallest absolute Gasteiger partial charge is 0.351 e. The van der Waals surface area contributed by atoms with Gasteiger partial charge >= 0.3 is 11.6 Å². The fourth-order valence-corrected chi connectivity index (χ4v) is 3.31. The van der Waals surface area contributed by atoms with Crippen molar-refractivity contribution in [2.24, 2.45) is 0 Å². The molecule has 2 aromatic rings. The SMILES string of the molecule is CCCCCCCCCCCCOc1ccc2cc(C(=O)OCC)c(=O)oc2c1. The Kier molecular flexibility index (Phi) is 10.3. The second-order valence-corrected chi connectivity index (χ2v) is 7.40. The number of unbranched alkanes of at least 4 members (excludes halogenated alkanes) is 9.